The second-order valence-electron chi connectivity index (χ2n) is 5.82. The fourth-order valence-electron chi connectivity index (χ4n) is 2.29. The molecule has 0 radical (unpaired) electrons. The zero-order valence-electron chi connectivity index (χ0n) is 14.5. The van der Waals surface area contributed by atoms with Crippen molar-refractivity contribution in [3.63, 3.8) is 0 Å². The van der Waals surface area contributed by atoms with E-state index in [1.54, 1.807) is 0 Å². The van der Waals surface area contributed by atoms with E-state index in [9.17, 15) is 30.4 Å². The van der Waals surface area contributed by atoms with Crippen molar-refractivity contribution in [1.29, 1.82) is 0 Å². The van der Waals surface area contributed by atoms with E-state index in [1.165, 1.54) is 24.3 Å². The Morgan fingerprint density at radius 2 is 1.77 bits per heavy atom. The van der Waals surface area contributed by atoms with Crippen LogP contribution in [0.2, 0.25) is 5.02 Å². The standard InChI is InChI=1S/C18H10ClF5N2O3S/c19-14-6-10(18(22,23)24)9-25-17(14)29-13-3-1-2-12(8-13)26-30(27,28)16-5-4-11(20)7-15(16)21/h1-9,26H. The van der Waals surface area contributed by atoms with Gasteiger partial charge in [-0.2, -0.15) is 13.2 Å². The van der Waals surface area contributed by atoms with Gasteiger partial charge in [-0.15, -0.1) is 0 Å². The summed E-state index contributed by atoms with van der Waals surface area (Å²) in [5.41, 5.74) is -1.12. The van der Waals surface area contributed by atoms with Gasteiger partial charge >= 0.3 is 6.18 Å². The molecule has 30 heavy (non-hydrogen) atoms. The number of alkyl halides is 3. The molecule has 0 aliphatic carbocycles. The average molecular weight is 465 g/mol. The Hall–Kier alpha value is -2.92. The minimum atomic E-state index is -4.64. The predicted octanol–water partition coefficient (Wildman–Crippen LogP) is 5.63. The maximum Gasteiger partial charge on any atom is 0.417 e. The molecule has 1 N–H and O–H groups in total. The van der Waals surface area contributed by atoms with Crippen molar-refractivity contribution in [1.82, 2.24) is 4.98 Å². The number of nitrogens with zero attached hydrogens (tertiary/aromatic N) is 1. The lowest BCUT2D eigenvalue weighted by molar-refractivity contribution is -0.137. The van der Waals surface area contributed by atoms with Crippen LogP contribution >= 0.6 is 11.6 Å². The average Bonchev–Trinajstić information content (AvgIpc) is 2.62. The molecule has 0 fully saturated rings. The van der Waals surface area contributed by atoms with Crippen LogP contribution in [0.4, 0.5) is 27.6 Å². The molecule has 3 aromatic rings. The Kier molecular flexibility index (Phi) is 5.86. The highest BCUT2D eigenvalue weighted by atomic mass is 35.5. The van der Waals surface area contributed by atoms with Gasteiger partial charge in [0.15, 0.2) is 0 Å². The minimum Gasteiger partial charge on any atom is -0.437 e. The molecule has 5 nitrogen and oxygen atoms in total. The van der Waals surface area contributed by atoms with Crippen molar-refractivity contribution in [3.8, 4) is 11.6 Å². The normalized spacial score (nSPS) is 11.9. The van der Waals surface area contributed by atoms with Crippen LogP contribution < -0.4 is 9.46 Å². The molecule has 0 unspecified atom stereocenters. The molecule has 0 saturated carbocycles. The maximum absolute atomic E-state index is 13.8. The van der Waals surface area contributed by atoms with Gasteiger partial charge in [0.25, 0.3) is 10.0 Å². The number of hydrogen-bond donors (Lipinski definition) is 1. The third kappa shape index (κ3) is 4.97. The molecule has 1 heterocycles. The zero-order chi connectivity index (χ0) is 22.1. The Labute approximate surface area is 172 Å². The molecule has 0 bridgehead atoms. The van der Waals surface area contributed by atoms with E-state index in [4.69, 9.17) is 16.3 Å². The van der Waals surface area contributed by atoms with E-state index in [0.717, 1.165) is 12.1 Å². The summed E-state index contributed by atoms with van der Waals surface area (Å²) in [6, 6.07) is 7.83. The van der Waals surface area contributed by atoms with Gasteiger partial charge in [-0.3, -0.25) is 4.72 Å². The second kappa shape index (κ2) is 8.07. The van der Waals surface area contributed by atoms with E-state index in [-0.39, 0.29) is 17.3 Å². The molecular weight excluding hydrogens is 455 g/mol. The van der Waals surface area contributed by atoms with Gasteiger partial charge in [0.1, 0.15) is 27.3 Å². The number of benzene rings is 2. The fraction of sp³-hybridized carbons (Fsp3) is 0.0556. The summed E-state index contributed by atoms with van der Waals surface area (Å²) >= 11 is 5.77. The second-order valence-corrected chi connectivity index (χ2v) is 7.88. The molecular formula is C18H10ClF5N2O3S. The van der Waals surface area contributed by atoms with Gasteiger partial charge in [0.2, 0.25) is 5.88 Å². The molecule has 0 atom stereocenters. The van der Waals surface area contributed by atoms with Crippen LogP contribution in [0.25, 0.3) is 0 Å². The van der Waals surface area contributed by atoms with E-state index in [0.29, 0.717) is 18.3 Å². The summed E-state index contributed by atoms with van der Waals surface area (Å²) in [4.78, 5) is 2.74. The lowest BCUT2D eigenvalue weighted by atomic mass is 10.3. The number of hydrogen-bond acceptors (Lipinski definition) is 4. The molecule has 158 valence electrons. The van der Waals surface area contributed by atoms with Crippen molar-refractivity contribution in [2.45, 2.75) is 11.1 Å². The molecule has 0 amide bonds. The first-order valence-electron chi connectivity index (χ1n) is 7.94. The lowest BCUT2D eigenvalue weighted by Gasteiger charge is -2.12. The van der Waals surface area contributed by atoms with E-state index in [2.05, 4.69) is 9.71 Å². The number of rotatable bonds is 5. The van der Waals surface area contributed by atoms with Crippen LogP contribution in [0.5, 0.6) is 11.6 Å². The van der Waals surface area contributed by atoms with Gasteiger partial charge in [-0.1, -0.05) is 17.7 Å². The Balaban J connectivity index is 1.83. The van der Waals surface area contributed by atoms with Crippen LogP contribution in [-0.2, 0) is 16.2 Å². The third-order valence-electron chi connectivity index (χ3n) is 3.62. The smallest absolute Gasteiger partial charge is 0.417 e. The third-order valence-corrected chi connectivity index (χ3v) is 5.30. The first-order valence-corrected chi connectivity index (χ1v) is 9.80. The number of anilines is 1. The van der Waals surface area contributed by atoms with Gasteiger partial charge in [0.05, 0.1) is 11.3 Å². The summed E-state index contributed by atoms with van der Waals surface area (Å²) in [7, 11) is -4.39. The van der Waals surface area contributed by atoms with Crippen LogP contribution in [0, 0.1) is 11.6 Å². The highest BCUT2D eigenvalue weighted by Gasteiger charge is 2.31. The predicted molar refractivity (Wildman–Crippen MR) is 97.9 cm³/mol. The number of nitrogens with one attached hydrogen (secondary N) is 1. The van der Waals surface area contributed by atoms with Crippen LogP contribution in [0.1, 0.15) is 5.56 Å². The summed E-state index contributed by atoms with van der Waals surface area (Å²) in [6.45, 7) is 0. The summed E-state index contributed by atoms with van der Waals surface area (Å²) in [5.74, 6) is -2.57. The lowest BCUT2D eigenvalue weighted by Crippen LogP contribution is -2.14. The topological polar surface area (TPSA) is 68.3 Å². The van der Waals surface area contributed by atoms with Crippen LogP contribution in [0.15, 0.2) is 59.6 Å². The number of halogens is 6. The largest absolute Gasteiger partial charge is 0.437 e. The molecule has 2 aromatic carbocycles. The summed E-state index contributed by atoms with van der Waals surface area (Å²) < 4.78 is 96.9. The van der Waals surface area contributed by atoms with Crippen molar-refractivity contribution in [2.75, 3.05) is 4.72 Å². The Morgan fingerprint density at radius 1 is 1.03 bits per heavy atom. The number of ether oxygens (including phenoxy) is 1. The number of aromatic nitrogens is 1. The molecule has 12 heteroatoms. The molecule has 3 rings (SSSR count). The van der Waals surface area contributed by atoms with Crippen molar-refractivity contribution in [2.24, 2.45) is 0 Å². The molecule has 0 spiro atoms. The molecule has 0 saturated heterocycles. The summed E-state index contributed by atoms with van der Waals surface area (Å²) in [5, 5.41) is -0.413. The molecule has 0 aliphatic rings. The Bertz CT molecular complexity index is 1200. The van der Waals surface area contributed by atoms with E-state index < -0.39 is 43.3 Å². The summed E-state index contributed by atoms with van der Waals surface area (Å²) in [6.07, 6.45) is -4.10. The monoisotopic (exact) mass is 464 g/mol. The Morgan fingerprint density at radius 3 is 2.40 bits per heavy atom. The van der Waals surface area contributed by atoms with Crippen molar-refractivity contribution in [3.05, 3.63) is 76.9 Å². The highest BCUT2D eigenvalue weighted by Crippen LogP contribution is 2.35. The van der Waals surface area contributed by atoms with Crippen molar-refractivity contribution < 1.29 is 35.1 Å². The van der Waals surface area contributed by atoms with Crippen LogP contribution in [-0.4, -0.2) is 13.4 Å². The molecule has 1 aromatic heterocycles. The maximum atomic E-state index is 13.8. The van der Waals surface area contributed by atoms with Crippen LogP contribution in [0.3, 0.4) is 0 Å². The van der Waals surface area contributed by atoms with Gasteiger partial charge < -0.3 is 4.74 Å². The van der Waals surface area contributed by atoms with Crippen molar-refractivity contribution >= 4 is 27.3 Å². The SMILES string of the molecule is O=S(=O)(Nc1cccc(Oc2ncc(C(F)(F)F)cc2Cl)c1)c1ccc(F)cc1F. The minimum absolute atomic E-state index is 0.0102. The zero-order valence-corrected chi connectivity index (χ0v) is 16.1. The van der Waals surface area contributed by atoms with Gasteiger partial charge in [0, 0.05) is 18.3 Å². The number of pyridine rings is 1. The van der Waals surface area contributed by atoms with Gasteiger partial charge in [-0.05, 0) is 30.3 Å². The van der Waals surface area contributed by atoms with E-state index in [1.807, 2.05) is 0 Å². The van der Waals surface area contributed by atoms with E-state index >= 15 is 0 Å². The fourth-order valence-corrected chi connectivity index (χ4v) is 3.61. The highest BCUT2D eigenvalue weighted by molar-refractivity contribution is 7.92. The first-order chi connectivity index (χ1) is 14.0. The molecule has 0 aliphatic heterocycles. The first kappa shape index (κ1) is 21.8. The quantitative estimate of drug-likeness (QED) is 0.497. The van der Waals surface area contributed by atoms with Gasteiger partial charge in [-0.25, -0.2) is 22.2 Å². The number of sulfonamides is 1.